The number of amides is 1. The molecule has 0 aliphatic heterocycles. The number of hydrogen-bond acceptors (Lipinski definition) is 4. The van der Waals surface area contributed by atoms with E-state index in [0.717, 1.165) is 41.1 Å². The molecule has 2 aromatic heterocycles. The molecule has 32 heavy (non-hydrogen) atoms. The Morgan fingerprint density at radius 3 is 2.69 bits per heavy atom. The number of rotatable bonds is 9. The number of nitrogens with zero attached hydrogens (tertiary/aromatic N) is 3. The summed E-state index contributed by atoms with van der Waals surface area (Å²) in [6.45, 7) is 6.11. The highest BCUT2D eigenvalue weighted by molar-refractivity contribution is 5.93. The number of ether oxygens (including phenoxy) is 1. The van der Waals surface area contributed by atoms with E-state index in [1.165, 1.54) is 5.56 Å². The second-order valence-electron chi connectivity index (χ2n) is 7.88. The number of imidazole rings is 1. The van der Waals surface area contributed by atoms with Gasteiger partial charge in [-0.3, -0.25) is 9.78 Å². The van der Waals surface area contributed by atoms with Crippen molar-refractivity contribution in [2.24, 2.45) is 0 Å². The minimum absolute atomic E-state index is 0.100. The van der Waals surface area contributed by atoms with Gasteiger partial charge in [-0.1, -0.05) is 29.8 Å². The molecule has 0 saturated heterocycles. The van der Waals surface area contributed by atoms with Gasteiger partial charge < -0.3 is 14.6 Å². The first kappa shape index (κ1) is 21.6. The van der Waals surface area contributed by atoms with Crippen molar-refractivity contribution in [2.75, 3.05) is 13.2 Å². The van der Waals surface area contributed by atoms with Crippen molar-refractivity contribution in [1.29, 1.82) is 0 Å². The smallest absolute Gasteiger partial charge is 0.251 e. The molecule has 0 aliphatic rings. The molecular formula is C26H28N4O2. The van der Waals surface area contributed by atoms with Crippen LogP contribution in [0.15, 0.2) is 67.0 Å². The first-order valence-corrected chi connectivity index (χ1v) is 10.9. The van der Waals surface area contributed by atoms with Crippen LogP contribution in [0.4, 0.5) is 0 Å². The summed E-state index contributed by atoms with van der Waals surface area (Å²) in [4.78, 5) is 21.1. The normalized spacial score (nSPS) is 10.9. The van der Waals surface area contributed by atoms with Gasteiger partial charge in [0.15, 0.2) is 0 Å². The number of nitrogens with one attached hydrogen (secondary N) is 1. The van der Waals surface area contributed by atoms with E-state index in [4.69, 9.17) is 9.72 Å². The molecule has 6 heteroatoms. The zero-order chi connectivity index (χ0) is 22.3. The van der Waals surface area contributed by atoms with Crippen LogP contribution in [0.5, 0.6) is 5.75 Å². The van der Waals surface area contributed by atoms with E-state index in [-0.39, 0.29) is 5.91 Å². The van der Waals surface area contributed by atoms with Crippen LogP contribution in [0.3, 0.4) is 0 Å². The number of pyridine rings is 1. The predicted octanol–water partition coefficient (Wildman–Crippen LogP) is 4.49. The van der Waals surface area contributed by atoms with Gasteiger partial charge in [-0.05, 0) is 56.2 Å². The van der Waals surface area contributed by atoms with E-state index < -0.39 is 0 Å². The molecule has 6 nitrogen and oxygen atoms in total. The zero-order valence-electron chi connectivity index (χ0n) is 18.5. The fraction of sp³-hybridized carbons (Fsp3) is 0.269. The maximum absolute atomic E-state index is 12.3. The Labute approximate surface area is 188 Å². The third-order valence-corrected chi connectivity index (χ3v) is 5.42. The molecule has 4 rings (SSSR count). The highest BCUT2D eigenvalue weighted by Crippen LogP contribution is 2.20. The van der Waals surface area contributed by atoms with E-state index in [0.29, 0.717) is 25.1 Å². The molecule has 0 atom stereocenters. The van der Waals surface area contributed by atoms with Crippen molar-refractivity contribution in [3.63, 3.8) is 0 Å². The van der Waals surface area contributed by atoms with Gasteiger partial charge in [-0.2, -0.15) is 0 Å². The zero-order valence-corrected chi connectivity index (χ0v) is 18.5. The lowest BCUT2D eigenvalue weighted by Crippen LogP contribution is -2.26. The van der Waals surface area contributed by atoms with E-state index in [9.17, 15) is 4.79 Å². The molecule has 0 aliphatic carbocycles. The van der Waals surface area contributed by atoms with Crippen LogP contribution in [0.1, 0.15) is 33.7 Å². The van der Waals surface area contributed by atoms with Gasteiger partial charge >= 0.3 is 0 Å². The maximum atomic E-state index is 12.3. The molecule has 2 aromatic carbocycles. The molecule has 1 amide bonds. The second kappa shape index (κ2) is 10.1. The Morgan fingerprint density at radius 1 is 1.06 bits per heavy atom. The summed E-state index contributed by atoms with van der Waals surface area (Å²) in [5.74, 6) is 1.80. The largest absolute Gasteiger partial charge is 0.493 e. The molecule has 164 valence electrons. The Hall–Kier alpha value is -3.67. The van der Waals surface area contributed by atoms with Crippen molar-refractivity contribution in [3.05, 3.63) is 89.5 Å². The summed E-state index contributed by atoms with van der Waals surface area (Å²) >= 11 is 0. The summed E-state index contributed by atoms with van der Waals surface area (Å²) in [6, 6.07) is 17.8. The number of aromatic nitrogens is 3. The molecule has 0 fully saturated rings. The molecule has 0 saturated carbocycles. The lowest BCUT2D eigenvalue weighted by atomic mass is 10.1. The Morgan fingerprint density at radius 2 is 1.88 bits per heavy atom. The van der Waals surface area contributed by atoms with Crippen LogP contribution in [-0.2, 0) is 13.0 Å². The summed E-state index contributed by atoms with van der Waals surface area (Å²) in [7, 11) is 0. The van der Waals surface area contributed by atoms with Gasteiger partial charge in [0.1, 0.15) is 11.6 Å². The Bertz CT molecular complexity index is 1200. The first-order valence-electron chi connectivity index (χ1n) is 10.9. The number of carbonyl (C=O) groups excluding carboxylic acids is 1. The van der Waals surface area contributed by atoms with Crippen LogP contribution >= 0.6 is 0 Å². The van der Waals surface area contributed by atoms with Crippen molar-refractivity contribution in [2.45, 2.75) is 33.2 Å². The minimum Gasteiger partial charge on any atom is -0.493 e. The van der Waals surface area contributed by atoms with E-state index >= 15 is 0 Å². The van der Waals surface area contributed by atoms with E-state index in [2.05, 4.69) is 46.9 Å². The molecule has 4 aromatic rings. The fourth-order valence-electron chi connectivity index (χ4n) is 3.83. The molecule has 0 spiro atoms. The Balaban J connectivity index is 1.38. The quantitative estimate of drug-likeness (QED) is 0.399. The van der Waals surface area contributed by atoms with Crippen LogP contribution in [0, 0.1) is 13.8 Å². The van der Waals surface area contributed by atoms with Crippen LogP contribution in [-0.4, -0.2) is 33.6 Å². The van der Waals surface area contributed by atoms with Crippen molar-refractivity contribution >= 4 is 16.9 Å². The van der Waals surface area contributed by atoms with Gasteiger partial charge in [0, 0.05) is 37.5 Å². The summed E-state index contributed by atoms with van der Waals surface area (Å²) < 4.78 is 8.24. The summed E-state index contributed by atoms with van der Waals surface area (Å²) in [6.07, 6.45) is 4.76. The lowest BCUT2D eigenvalue weighted by molar-refractivity contribution is 0.0954. The topological polar surface area (TPSA) is 69.0 Å². The average molecular weight is 429 g/mol. The van der Waals surface area contributed by atoms with Crippen LogP contribution in [0.2, 0.25) is 0 Å². The molecule has 1 N–H and O–H groups in total. The van der Waals surface area contributed by atoms with Gasteiger partial charge in [0.25, 0.3) is 5.91 Å². The minimum atomic E-state index is -0.100. The number of carbonyl (C=O) groups is 1. The number of para-hydroxylation sites is 2. The third-order valence-electron chi connectivity index (χ3n) is 5.42. The lowest BCUT2D eigenvalue weighted by Gasteiger charge is -2.12. The van der Waals surface area contributed by atoms with Gasteiger partial charge in [0.05, 0.1) is 17.6 Å². The van der Waals surface area contributed by atoms with E-state index in [1.54, 1.807) is 24.5 Å². The maximum Gasteiger partial charge on any atom is 0.251 e. The standard InChI is InChI=1S/C26H28N4O2/c1-19-8-9-24(20(2)18-19)32-17-5-16-30-23-7-4-3-6-22(23)29-25(30)12-15-28-26(31)21-10-13-27-14-11-21/h3-4,6-11,13-14,18H,5,12,15-17H2,1-2H3,(H,28,31). The van der Waals surface area contributed by atoms with Gasteiger partial charge in [-0.25, -0.2) is 4.98 Å². The van der Waals surface area contributed by atoms with Crippen molar-refractivity contribution < 1.29 is 9.53 Å². The van der Waals surface area contributed by atoms with Gasteiger partial charge in [-0.15, -0.1) is 0 Å². The highest BCUT2D eigenvalue weighted by Gasteiger charge is 2.11. The molecular weight excluding hydrogens is 400 g/mol. The molecule has 2 heterocycles. The number of benzene rings is 2. The number of aryl methyl sites for hydroxylation is 3. The van der Waals surface area contributed by atoms with Crippen LogP contribution < -0.4 is 10.1 Å². The molecule has 0 bridgehead atoms. The highest BCUT2D eigenvalue weighted by atomic mass is 16.5. The average Bonchev–Trinajstić information content (AvgIpc) is 3.15. The molecule has 0 radical (unpaired) electrons. The third kappa shape index (κ3) is 5.14. The predicted molar refractivity (Wildman–Crippen MR) is 126 cm³/mol. The monoisotopic (exact) mass is 428 g/mol. The first-order chi connectivity index (χ1) is 15.6. The molecule has 0 unspecified atom stereocenters. The number of hydrogen-bond donors (Lipinski definition) is 1. The van der Waals surface area contributed by atoms with Crippen LogP contribution in [0.25, 0.3) is 11.0 Å². The summed E-state index contributed by atoms with van der Waals surface area (Å²) in [5, 5.41) is 2.97. The number of fused-ring (bicyclic) bond motifs is 1. The van der Waals surface area contributed by atoms with Crippen molar-refractivity contribution in [3.8, 4) is 5.75 Å². The van der Waals surface area contributed by atoms with E-state index in [1.807, 2.05) is 24.3 Å². The SMILES string of the molecule is Cc1ccc(OCCCn2c(CCNC(=O)c3ccncc3)nc3ccccc32)c(C)c1. The van der Waals surface area contributed by atoms with Gasteiger partial charge in [0.2, 0.25) is 0 Å². The Kier molecular flexibility index (Phi) is 6.80. The van der Waals surface area contributed by atoms with Crippen molar-refractivity contribution in [1.82, 2.24) is 19.9 Å². The fourth-order valence-corrected chi connectivity index (χ4v) is 3.83. The summed E-state index contributed by atoms with van der Waals surface area (Å²) in [5.41, 5.74) is 5.08. The second-order valence-corrected chi connectivity index (χ2v) is 7.88.